The Labute approximate surface area is 181 Å². The van der Waals surface area contributed by atoms with Crippen LogP contribution in [0, 0.1) is 5.82 Å². The highest BCUT2D eigenvalue weighted by molar-refractivity contribution is 5.78. The molecule has 0 saturated carbocycles. The van der Waals surface area contributed by atoms with Crippen molar-refractivity contribution < 1.29 is 23.1 Å². The zero-order valence-corrected chi connectivity index (χ0v) is 17.8. The van der Waals surface area contributed by atoms with Gasteiger partial charge in [-0.15, -0.1) is 0 Å². The zero-order chi connectivity index (χ0) is 22.1. The Morgan fingerprint density at radius 1 is 1.23 bits per heavy atom. The van der Waals surface area contributed by atoms with Gasteiger partial charge in [0.15, 0.2) is 11.7 Å². The molecule has 1 aromatic carbocycles. The van der Waals surface area contributed by atoms with E-state index in [1.165, 1.54) is 12.3 Å². The van der Waals surface area contributed by atoms with E-state index in [2.05, 4.69) is 10.3 Å². The van der Waals surface area contributed by atoms with Crippen molar-refractivity contribution in [2.45, 2.75) is 19.3 Å². The molecule has 9 heteroatoms. The Hall–Kier alpha value is -2.78. The van der Waals surface area contributed by atoms with Gasteiger partial charge in [-0.1, -0.05) is 12.1 Å². The normalized spacial score (nSPS) is 14.6. The summed E-state index contributed by atoms with van der Waals surface area (Å²) in [6.07, 6.45) is 2.91. The number of carbonyl (C=O) groups excluding carboxylic acids is 2. The first kappa shape index (κ1) is 22.9. The van der Waals surface area contributed by atoms with Gasteiger partial charge in [-0.05, 0) is 18.6 Å². The molecule has 0 bridgehead atoms. The standard InChI is InChI=1S/C22H29FN4O4/c1-30-14-4-9-24-20(28)16-26-10-12-27(13-11-26)22(29)8-7-21-25-15-19(31-21)17-5-2-3-6-18(17)23/h2-3,5-6,15H,4,7-14,16H2,1H3,(H,24,28). The number of aromatic nitrogens is 1. The summed E-state index contributed by atoms with van der Waals surface area (Å²) in [5.74, 6) is 0.410. The Kier molecular flexibility index (Phi) is 8.54. The lowest BCUT2D eigenvalue weighted by molar-refractivity contribution is -0.133. The molecule has 2 aromatic rings. The molecule has 1 N–H and O–H groups in total. The van der Waals surface area contributed by atoms with Crippen molar-refractivity contribution in [3.63, 3.8) is 0 Å². The van der Waals surface area contributed by atoms with Crippen LogP contribution in [0.1, 0.15) is 18.7 Å². The van der Waals surface area contributed by atoms with Gasteiger partial charge in [0.25, 0.3) is 0 Å². The molecule has 0 spiro atoms. The average molecular weight is 432 g/mol. The van der Waals surface area contributed by atoms with Gasteiger partial charge in [0.1, 0.15) is 5.82 Å². The maximum atomic E-state index is 13.9. The fraction of sp³-hybridized carbons (Fsp3) is 0.500. The second-order valence-electron chi connectivity index (χ2n) is 7.45. The number of rotatable bonds is 10. The van der Waals surface area contributed by atoms with Crippen LogP contribution in [0.4, 0.5) is 4.39 Å². The van der Waals surface area contributed by atoms with Gasteiger partial charge >= 0.3 is 0 Å². The van der Waals surface area contributed by atoms with Crippen LogP contribution >= 0.6 is 0 Å². The van der Waals surface area contributed by atoms with Gasteiger partial charge in [0.2, 0.25) is 11.8 Å². The van der Waals surface area contributed by atoms with E-state index in [1.54, 1.807) is 30.2 Å². The predicted molar refractivity (Wildman–Crippen MR) is 113 cm³/mol. The summed E-state index contributed by atoms with van der Waals surface area (Å²) in [5, 5.41) is 2.87. The van der Waals surface area contributed by atoms with Crippen molar-refractivity contribution in [3.05, 3.63) is 42.2 Å². The number of carbonyl (C=O) groups is 2. The van der Waals surface area contributed by atoms with Crippen LogP contribution in [-0.2, 0) is 20.7 Å². The van der Waals surface area contributed by atoms with Crippen LogP contribution in [-0.4, -0.2) is 79.6 Å². The summed E-state index contributed by atoms with van der Waals surface area (Å²) < 4.78 is 24.4. The van der Waals surface area contributed by atoms with Crippen molar-refractivity contribution in [1.82, 2.24) is 20.1 Å². The highest BCUT2D eigenvalue weighted by atomic mass is 19.1. The van der Waals surface area contributed by atoms with Crippen molar-refractivity contribution >= 4 is 11.8 Å². The third kappa shape index (κ3) is 6.86. The number of oxazole rings is 1. The number of benzene rings is 1. The SMILES string of the molecule is COCCCNC(=O)CN1CCN(C(=O)CCc2ncc(-c3ccccc3F)o2)CC1. The Morgan fingerprint density at radius 3 is 2.74 bits per heavy atom. The van der Waals surface area contributed by atoms with E-state index < -0.39 is 0 Å². The van der Waals surface area contributed by atoms with Gasteiger partial charge in [-0.2, -0.15) is 0 Å². The third-order valence-electron chi connectivity index (χ3n) is 5.19. The minimum Gasteiger partial charge on any atom is -0.441 e. The number of nitrogens with zero attached hydrogens (tertiary/aromatic N) is 3. The highest BCUT2D eigenvalue weighted by Gasteiger charge is 2.22. The van der Waals surface area contributed by atoms with E-state index >= 15 is 0 Å². The maximum Gasteiger partial charge on any atom is 0.234 e. The summed E-state index contributed by atoms with van der Waals surface area (Å²) in [6.45, 7) is 4.05. The van der Waals surface area contributed by atoms with Crippen LogP contribution in [0.5, 0.6) is 0 Å². The molecule has 1 saturated heterocycles. The molecule has 1 aliphatic rings. The molecule has 168 valence electrons. The molecule has 0 aliphatic carbocycles. The highest BCUT2D eigenvalue weighted by Crippen LogP contribution is 2.23. The number of hydrogen-bond donors (Lipinski definition) is 1. The Balaban J connectivity index is 1.38. The zero-order valence-electron chi connectivity index (χ0n) is 17.8. The van der Waals surface area contributed by atoms with Gasteiger partial charge in [-0.25, -0.2) is 9.37 Å². The molecule has 1 aliphatic heterocycles. The first-order chi connectivity index (χ1) is 15.1. The molecule has 3 rings (SSSR count). The lowest BCUT2D eigenvalue weighted by Crippen LogP contribution is -2.51. The van der Waals surface area contributed by atoms with E-state index in [1.807, 2.05) is 4.90 Å². The topological polar surface area (TPSA) is 87.9 Å². The number of methoxy groups -OCH3 is 1. The maximum absolute atomic E-state index is 13.9. The molecule has 31 heavy (non-hydrogen) atoms. The van der Waals surface area contributed by atoms with E-state index in [0.717, 1.165) is 6.42 Å². The van der Waals surface area contributed by atoms with E-state index in [-0.39, 0.29) is 24.1 Å². The molecule has 2 heterocycles. The van der Waals surface area contributed by atoms with Gasteiger partial charge < -0.3 is 19.4 Å². The molecule has 0 radical (unpaired) electrons. The van der Waals surface area contributed by atoms with Crippen LogP contribution in [0.2, 0.25) is 0 Å². The van der Waals surface area contributed by atoms with Crippen molar-refractivity contribution in [3.8, 4) is 11.3 Å². The van der Waals surface area contributed by atoms with Crippen LogP contribution < -0.4 is 5.32 Å². The summed E-state index contributed by atoms with van der Waals surface area (Å²) >= 11 is 0. The van der Waals surface area contributed by atoms with Gasteiger partial charge in [0, 0.05) is 59.3 Å². The lowest BCUT2D eigenvalue weighted by Gasteiger charge is -2.34. The molecule has 1 fully saturated rings. The van der Waals surface area contributed by atoms with E-state index in [4.69, 9.17) is 9.15 Å². The molecule has 8 nitrogen and oxygen atoms in total. The fourth-order valence-electron chi connectivity index (χ4n) is 3.44. The number of hydrogen-bond acceptors (Lipinski definition) is 6. The van der Waals surface area contributed by atoms with Crippen LogP contribution in [0.3, 0.4) is 0 Å². The summed E-state index contributed by atoms with van der Waals surface area (Å²) in [5.41, 5.74) is 0.353. The number of ether oxygens (including phenoxy) is 1. The van der Waals surface area contributed by atoms with Crippen molar-refractivity contribution in [2.24, 2.45) is 0 Å². The Bertz CT molecular complexity index is 865. The van der Waals surface area contributed by atoms with E-state index in [0.29, 0.717) is 69.5 Å². The first-order valence-electron chi connectivity index (χ1n) is 10.5. The molecular formula is C22H29FN4O4. The summed E-state index contributed by atoms with van der Waals surface area (Å²) in [6, 6.07) is 6.34. The number of amides is 2. The largest absolute Gasteiger partial charge is 0.441 e. The minimum absolute atomic E-state index is 0.00886. The molecule has 0 unspecified atom stereocenters. The average Bonchev–Trinajstić information content (AvgIpc) is 3.25. The van der Waals surface area contributed by atoms with E-state index in [9.17, 15) is 14.0 Å². The lowest BCUT2D eigenvalue weighted by atomic mass is 10.2. The number of piperazine rings is 1. The smallest absolute Gasteiger partial charge is 0.234 e. The van der Waals surface area contributed by atoms with Crippen LogP contribution in [0.25, 0.3) is 11.3 Å². The minimum atomic E-state index is -0.372. The third-order valence-corrected chi connectivity index (χ3v) is 5.19. The molecule has 1 aromatic heterocycles. The molecular weight excluding hydrogens is 403 g/mol. The number of halogens is 1. The van der Waals surface area contributed by atoms with Gasteiger partial charge in [-0.3, -0.25) is 14.5 Å². The second kappa shape index (κ2) is 11.6. The van der Waals surface area contributed by atoms with Crippen molar-refractivity contribution in [1.29, 1.82) is 0 Å². The number of nitrogens with one attached hydrogen (secondary N) is 1. The van der Waals surface area contributed by atoms with Gasteiger partial charge in [0.05, 0.1) is 18.3 Å². The van der Waals surface area contributed by atoms with Crippen LogP contribution in [0.15, 0.2) is 34.9 Å². The quantitative estimate of drug-likeness (QED) is 0.575. The second-order valence-corrected chi connectivity index (χ2v) is 7.45. The number of aryl methyl sites for hydroxylation is 1. The first-order valence-corrected chi connectivity index (χ1v) is 10.5. The fourth-order valence-corrected chi connectivity index (χ4v) is 3.44. The van der Waals surface area contributed by atoms with Crippen molar-refractivity contribution in [2.75, 3.05) is 53.0 Å². The predicted octanol–water partition coefficient (Wildman–Crippen LogP) is 1.71. The molecule has 0 atom stereocenters. The molecule has 2 amide bonds. The summed E-state index contributed by atoms with van der Waals surface area (Å²) in [7, 11) is 1.64. The monoisotopic (exact) mass is 432 g/mol. The Morgan fingerprint density at radius 2 is 2.00 bits per heavy atom. The summed E-state index contributed by atoms with van der Waals surface area (Å²) in [4.78, 5) is 32.5.